The van der Waals surface area contributed by atoms with E-state index in [1.54, 1.807) is 19.1 Å². The summed E-state index contributed by atoms with van der Waals surface area (Å²) in [6.07, 6.45) is 1.44. The minimum atomic E-state index is -0.867. The first-order valence-electron chi connectivity index (χ1n) is 6.67. The molecule has 0 spiro atoms. The molecule has 7 nitrogen and oxygen atoms in total. The quantitative estimate of drug-likeness (QED) is 0.650. The predicted octanol–water partition coefficient (Wildman–Crippen LogP) is 1.89. The maximum Gasteiger partial charge on any atom is 0.306 e. The first-order chi connectivity index (χ1) is 9.90. The predicted molar refractivity (Wildman–Crippen MR) is 74.1 cm³/mol. The fourth-order valence-electron chi connectivity index (χ4n) is 2.68. The van der Waals surface area contributed by atoms with Crippen LogP contribution in [0, 0.1) is 23.0 Å². The lowest BCUT2D eigenvalue weighted by molar-refractivity contribution is -0.385. The van der Waals surface area contributed by atoms with Crippen LogP contribution in [-0.2, 0) is 4.79 Å². The van der Waals surface area contributed by atoms with Crippen LogP contribution in [0.2, 0.25) is 0 Å². The molecule has 2 N–H and O–H groups in total. The second kappa shape index (κ2) is 5.90. The molecule has 21 heavy (non-hydrogen) atoms. The fourth-order valence-corrected chi connectivity index (χ4v) is 2.68. The van der Waals surface area contributed by atoms with Gasteiger partial charge in [-0.1, -0.05) is 12.1 Å². The Balaban J connectivity index is 2.13. The fraction of sp³-hybridized carbons (Fsp3) is 0.429. The lowest BCUT2D eigenvalue weighted by Gasteiger charge is -2.13. The molecule has 7 heteroatoms. The average Bonchev–Trinajstić information content (AvgIpc) is 2.86. The van der Waals surface area contributed by atoms with Crippen molar-refractivity contribution in [2.45, 2.75) is 32.2 Å². The van der Waals surface area contributed by atoms with Crippen LogP contribution in [0.1, 0.15) is 35.2 Å². The number of carboxylic acid groups (broad SMARTS) is 1. The van der Waals surface area contributed by atoms with E-state index >= 15 is 0 Å². The van der Waals surface area contributed by atoms with Gasteiger partial charge in [0.25, 0.3) is 11.6 Å². The van der Waals surface area contributed by atoms with Crippen molar-refractivity contribution < 1.29 is 19.6 Å². The highest BCUT2D eigenvalue weighted by Crippen LogP contribution is 2.27. The largest absolute Gasteiger partial charge is 0.481 e. The minimum Gasteiger partial charge on any atom is -0.481 e. The van der Waals surface area contributed by atoms with E-state index in [0.717, 1.165) is 0 Å². The second-order valence-corrected chi connectivity index (χ2v) is 5.25. The molecule has 1 fully saturated rings. The number of carbonyl (C=O) groups is 2. The molecule has 1 saturated carbocycles. The Labute approximate surface area is 121 Å². The number of aliphatic carboxylic acids is 1. The Morgan fingerprint density at radius 1 is 1.38 bits per heavy atom. The van der Waals surface area contributed by atoms with Crippen molar-refractivity contribution in [2.75, 3.05) is 0 Å². The Hall–Kier alpha value is -2.44. The van der Waals surface area contributed by atoms with Gasteiger partial charge in [0.05, 0.1) is 10.8 Å². The lowest BCUT2D eigenvalue weighted by atomic mass is 10.1. The molecule has 0 bridgehead atoms. The molecule has 112 valence electrons. The molecule has 0 heterocycles. The highest BCUT2D eigenvalue weighted by Gasteiger charge is 2.32. The molecule has 0 aromatic heterocycles. The van der Waals surface area contributed by atoms with Crippen molar-refractivity contribution in [1.29, 1.82) is 0 Å². The number of rotatable bonds is 4. The zero-order valence-corrected chi connectivity index (χ0v) is 11.5. The molecular weight excluding hydrogens is 276 g/mol. The SMILES string of the molecule is Cc1cccc(C(=O)N[C@H]2CC[C@@H](C(=O)O)C2)c1[N+](=O)[O-]. The van der Waals surface area contributed by atoms with Gasteiger partial charge < -0.3 is 10.4 Å². The Morgan fingerprint density at radius 2 is 2.10 bits per heavy atom. The molecule has 1 aliphatic carbocycles. The number of amides is 1. The summed E-state index contributed by atoms with van der Waals surface area (Å²) in [4.78, 5) is 33.6. The first kappa shape index (κ1) is 15.0. The van der Waals surface area contributed by atoms with Gasteiger partial charge in [-0.25, -0.2) is 0 Å². The van der Waals surface area contributed by atoms with Crippen molar-refractivity contribution in [3.63, 3.8) is 0 Å². The van der Waals surface area contributed by atoms with Crippen LogP contribution in [0.5, 0.6) is 0 Å². The molecule has 0 saturated heterocycles. The number of hydrogen-bond acceptors (Lipinski definition) is 4. The topological polar surface area (TPSA) is 110 Å². The van der Waals surface area contributed by atoms with E-state index in [9.17, 15) is 19.7 Å². The molecule has 2 rings (SSSR count). The Morgan fingerprint density at radius 3 is 2.67 bits per heavy atom. The molecule has 0 unspecified atom stereocenters. The van der Waals surface area contributed by atoms with Crippen molar-refractivity contribution in [1.82, 2.24) is 5.32 Å². The van der Waals surface area contributed by atoms with Crippen LogP contribution in [0.3, 0.4) is 0 Å². The summed E-state index contributed by atoms with van der Waals surface area (Å²) in [7, 11) is 0. The molecule has 1 aliphatic rings. The maximum absolute atomic E-state index is 12.2. The Bertz CT molecular complexity index is 599. The number of nitrogens with one attached hydrogen (secondary N) is 1. The van der Waals surface area contributed by atoms with E-state index in [1.807, 2.05) is 0 Å². The van der Waals surface area contributed by atoms with E-state index in [4.69, 9.17) is 5.11 Å². The lowest BCUT2D eigenvalue weighted by Crippen LogP contribution is -2.33. The maximum atomic E-state index is 12.2. The second-order valence-electron chi connectivity index (χ2n) is 5.25. The normalized spacial score (nSPS) is 21.0. The van der Waals surface area contributed by atoms with E-state index in [-0.39, 0.29) is 17.3 Å². The third-order valence-electron chi connectivity index (χ3n) is 3.78. The molecule has 1 aromatic rings. The standard InChI is InChI=1S/C14H16N2O5/c1-8-3-2-4-11(12(8)16(20)21)13(17)15-10-6-5-9(7-10)14(18)19/h2-4,9-10H,5-7H2,1H3,(H,15,17)(H,18,19)/t9-,10+/m1/s1. The molecule has 1 amide bonds. The zero-order valence-electron chi connectivity index (χ0n) is 11.5. The van der Waals surface area contributed by atoms with Gasteiger partial charge in [0, 0.05) is 11.6 Å². The number of hydrogen-bond donors (Lipinski definition) is 2. The van der Waals surface area contributed by atoms with Crippen LogP contribution in [0.25, 0.3) is 0 Å². The van der Waals surface area contributed by atoms with Gasteiger partial charge in [0.1, 0.15) is 5.56 Å². The summed E-state index contributed by atoms with van der Waals surface area (Å²) < 4.78 is 0. The van der Waals surface area contributed by atoms with Crippen LogP contribution in [0.15, 0.2) is 18.2 Å². The summed E-state index contributed by atoms with van der Waals surface area (Å²) in [6.45, 7) is 1.57. The number of nitro benzene ring substituents is 1. The Kier molecular flexibility index (Phi) is 4.21. The summed E-state index contributed by atoms with van der Waals surface area (Å²) in [5, 5.41) is 22.7. The van der Waals surface area contributed by atoms with Gasteiger partial charge in [-0.05, 0) is 32.3 Å². The van der Waals surface area contributed by atoms with Crippen LogP contribution < -0.4 is 5.32 Å². The van der Waals surface area contributed by atoms with Gasteiger partial charge in [0.15, 0.2) is 0 Å². The minimum absolute atomic E-state index is 0.0128. The number of aryl methyl sites for hydroxylation is 1. The molecule has 0 aliphatic heterocycles. The number of carbonyl (C=O) groups excluding carboxylic acids is 1. The van der Waals surface area contributed by atoms with E-state index in [0.29, 0.717) is 24.8 Å². The number of nitrogens with zero attached hydrogens (tertiary/aromatic N) is 1. The molecule has 2 atom stereocenters. The first-order valence-corrected chi connectivity index (χ1v) is 6.67. The van der Waals surface area contributed by atoms with Gasteiger partial charge in [-0.3, -0.25) is 19.7 Å². The van der Waals surface area contributed by atoms with Crippen LogP contribution in [-0.4, -0.2) is 27.9 Å². The summed E-state index contributed by atoms with van der Waals surface area (Å²) >= 11 is 0. The van der Waals surface area contributed by atoms with Crippen molar-refractivity contribution in [3.8, 4) is 0 Å². The number of nitro groups is 1. The average molecular weight is 292 g/mol. The third-order valence-corrected chi connectivity index (χ3v) is 3.78. The molecule has 1 aromatic carbocycles. The van der Waals surface area contributed by atoms with Gasteiger partial charge in [-0.15, -0.1) is 0 Å². The number of para-hydroxylation sites is 1. The van der Waals surface area contributed by atoms with Crippen molar-refractivity contribution >= 4 is 17.6 Å². The van der Waals surface area contributed by atoms with Crippen LogP contribution >= 0.6 is 0 Å². The summed E-state index contributed by atoms with van der Waals surface area (Å²) in [5.41, 5.74) is 0.226. The number of benzene rings is 1. The third kappa shape index (κ3) is 3.18. The molecular formula is C14H16N2O5. The van der Waals surface area contributed by atoms with Gasteiger partial charge in [0.2, 0.25) is 0 Å². The molecule has 0 radical (unpaired) electrons. The summed E-state index contributed by atoms with van der Waals surface area (Å²) in [6, 6.07) is 4.32. The monoisotopic (exact) mass is 292 g/mol. The number of carboxylic acids is 1. The van der Waals surface area contributed by atoms with E-state index < -0.39 is 22.7 Å². The van der Waals surface area contributed by atoms with Crippen LogP contribution in [0.4, 0.5) is 5.69 Å². The highest BCUT2D eigenvalue weighted by molar-refractivity contribution is 5.98. The van der Waals surface area contributed by atoms with E-state index in [2.05, 4.69) is 5.32 Å². The zero-order chi connectivity index (χ0) is 15.6. The van der Waals surface area contributed by atoms with Crippen molar-refractivity contribution in [3.05, 3.63) is 39.4 Å². The van der Waals surface area contributed by atoms with Crippen molar-refractivity contribution in [2.24, 2.45) is 5.92 Å². The smallest absolute Gasteiger partial charge is 0.306 e. The van der Waals surface area contributed by atoms with E-state index in [1.165, 1.54) is 6.07 Å². The summed E-state index contributed by atoms with van der Waals surface area (Å²) in [5.74, 6) is -1.85. The van der Waals surface area contributed by atoms with Gasteiger partial charge >= 0.3 is 5.97 Å². The van der Waals surface area contributed by atoms with Gasteiger partial charge in [-0.2, -0.15) is 0 Å². The highest BCUT2D eigenvalue weighted by atomic mass is 16.6.